The molecule has 0 aromatic carbocycles. The molecule has 150 valence electrons. The molecule has 1 aliphatic heterocycles. The van der Waals surface area contributed by atoms with Crippen molar-refractivity contribution in [2.45, 2.75) is 57.5 Å². The maximum Gasteiger partial charge on any atom is 0.223 e. The van der Waals surface area contributed by atoms with Crippen molar-refractivity contribution in [2.75, 3.05) is 26.7 Å². The average Bonchev–Trinajstić information content (AvgIpc) is 3.23. The first-order chi connectivity index (χ1) is 12.9. The second-order valence-electron chi connectivity index (χ2n) is 8.25. The van der Waals surface area contributed by atoms with Crippen LogP contribution in [-0.2, 0) is 23.1 Å². The molecule has 1 aliphatic carbocycles. The van der Waals surface area contributed by atoms with Crippen molar-refractivity contribution < 1.29 is 9.59 Å². The number of nitrogens with one attached hydrogen (secondary N) is 1. The highest BCUT2D eigenvalue weighted by Crippen LogP contribution is 2.35. The first kappa shape index (κ1) is 19.9. The fourth-order valence-corrected chi connectivity index (χ4v) is 3.99. The smallest absolute Gasteiger partial charge is 0.223 e. The van der Waals surface area contributed by atoms with Crippen molar-refractivity contribution in [3.63, 3.8) is 0 Å². The molecule has 2 amide bonds. The Morgan fingerprint density at radius 1 is 1.26 bits per heavy atom. The predicted octanol–water partition coefficient (Wildman–Crippen LogP) is 1.19. The lowest BCUT2D eigenvalue weighted by atomic mass is 10.1. The largest absolute Gasteiger partial charge is 0.355 e. The summed E-state index contributed by atoms with van der Waals surface area (Å²) in [5.74, 6) is 1.02. The Morgan fingerprint density at radius 2 is 2.00 bits per heavy atom. The summed E-state index contributed by atoms with van der Waals surface area (Å²) in [4.78, 5) is 28.4. The van der Waals surface area contributed by atoms with Gasteiger partial charge >= 0.3 is 0 Å². The second kappa shape index (κ2) is 8.87. The lowest BCUT2D eigenvalue weighted by molar-refractivity contribution is -0.131. The van der Waals surface area contributed by atoms with E-state index >= 15 is 0 Å². The van der Waals surface area contributed by atoms with Gasteiger partial charge in [0.05, 0.1) is 6.20 Å². The monoisotopic (exact) mass is 375 g/mol. The van der Waals surface area contributed by atoms with Crippen molar-refractivity contribution in [3.05, 3.63) is 18.0 Å². The fraction of sp³-hybridized carbons (Fsp3) is 0.750. The summed E-state index contributed by atoms with van der Waals surface area (Å²) < 4.78 is 1.79. The van der Waals surface area contributed by atoms with Crippen LogP contribution in [0.4, 0.5) is 0 Å². The Kier molecular flexibility index (Phi) is 6.52. The summed E-state index contributed by atoms with van der Waals surface area (Å²) in [7, 11) is 3.80. The van der Waals surface area contributed by atoms with Gasteiger partial charge in [0, 0.05) is 65.4 Å². The molecule has 1 N–H and O–H groups in total. The Labute approximate surface area is 162 Å². The van der Waals surface area contributed by atoms with E-state index in [4.69, 9.17) is 0 Å². The number of carbonyl (C=O) groups excluding carboxylic acids is 2. The second-order valence-corrected chi connectivity index (χ2v) is 8.25. The van der Waals surface area contributed by atoms with Gasteiger partial charge in [0.2, 0.25) is 11.8 Å². The van der Waals surface area contributed by atoms with Gasteiger partial charge in [0.25, 0.3) is 0 Å². The van der Waals surface area contributed by atoms with Gasteiger partial charge in [0.15, 0.2) is 0 Å². The minimum absolute atomic E-state index is 0.0241. The van der Waals surface area contributed by atoms with Crippen LogP contribution in [0.1, 0.15) is 44.6 Å². The zero-order valence-corrected chi connectivity index (χ0v) is 16.9. The minimum Gasteiger partial charge on any atom is -0.355 e. The number of aryl methyl sites for hydroxylation is 1. The zero-order chi connectivity index (χ0) is 19.4. The van der Waals surface area contributed by atoms with Crippen molar-refractivity contribution in [3.8, 4) is 0 Å². The molecule has 7 nitrogen and oxygen atoms in total. The Hall–Kier alpha value is -1.89. The molecular formula is C20H33N5O2. The molecule has 2 heterocycles. The van der Waals surface area contributed by atoms with Crippen LogP contribution in [0.3, 0.4) is 0 Å². The molecule has 0 spiro atoms. The SMILES string of the molecule is CC(=O)NC[C@H]1CC[C@@H](CC(=O)N(C)CCc2cnn(C)c2)N1CC1CC1. The fourth-order valence-electron chi connectivity index (χ4n) is 3.99. The van der Waals surface area contributed by atoms with E-state index < -0.39 is 0 Å². The highest BCUT2D eigenvalue weighted by atomic mass is 16.2. The van der Waals surface area contributed by atoms with Crippen molar-refractivity contribution in [1.82, 2.24) is 24.9 Å². The van der Waals surface area contributed by atoms with Crippen LogP contribution >= 0.6 is 0 Å². The summed E-state index contributed by atoms with van der Waals surface area (Å²) >= 11 is 0. The van der Waals surface area contributed by atoms with Crippen LogP contribution in [0, 0.1) is 5.92 Å². The number of aromatic nitrogens is 2. The third-order valence-corrected chi connectivity index (χ3v) is 5.85. The number of carbonyl (C=O) groups is 2. The molecule has 3 rings (SSSR count). The zero-order valence-electron chi connectivity index (χ0n) is 16.9. The molecule has 7 heteroatoms. The minimum atomic E-state index is 0.0241. The molecule has 1 saturated carbocycles. The normalized spacial score (nSPS) is 22.8. The molecule has 2 atom stereocenters. The molecule has 27 heavy (non-hydrogen) atoms. The molecular weight excluding hydrogens is 342 g/mol. The third kappa shape index (κ3) is 5.79. The van der Waals surface area contributed by atoms with Crippen LogP contribution < -0.4 is 5.32 Å². The van der Waals surface area contributed by atoms with E-state index in [1.54, 1.807) is 11.6 Å². The van der Waals surface area contributed by atoms with Crippen LogP contribution in [0.25, 0.3) is 0 Å². The van der Waals surface area contributed by atoms with Crippen LogP contribution in [0.15, 0.2) is 12.4 Å². The van der Waals surface area contributed by atoms with Gasteiger partial charge in [-0.15, -0.1) is 0 Å². The van der Waals surface area contributed by atoms with Gasteiger partial charge in [-0.2, -0.15) is 5.10 Å². The van der Waals surface area contributed by atoms with Gasteiger partial charge in [-0.3, -0.25) is 19.2 Å². The number of amides is 2. The Bertz CT molecular complexity index is 655. The number of nitrogens with zero attached hydrogens (tertiary/aromatic N) is 4. The number of likely N-dealkylation sites (N-methyl/N-ethyl adjacent to an activating group) is 1. The van der Waals surface area contributed by atoms with Crippen LogP contribution in [-0.4, -0.2) is 70.2 Å². The van der Waals surface area contributed by atoms with E-state index in [9.17, 15) is 9.59 Å². The van der Waals surface area contributed by atoms with E-state index in [0.717, 1.165) is 43.8 Å². The van der Waals surface area contributed by atoms with Gasteiger partial charge < -0.3 is 10.2 Å². The third-order valence-electron chi connectivity index (χ3n) is 5.85. The van der Waals surface area contributed by atoms with Gasteiger partial charge in [-0.25, -0.2) is 0 Å². The highest BCUT2D eigenvalue weighted by molar-refractivity contribution is 5.76. The molecule has 0 bridgehead atoms. The van der Waals surface area contributed by atoms with Crippen LogP contribution in [0.2, 0.25) is 0 Å². The van der Waals surface area contributed by atoms with Crippen molar-refractivity contribution in [1.29, 1.82) is 0 Å². The molecule has 1 aromatic rings. The molecule has 2 fully saturated rings. The van der Waals surface area contributed by atoms with E-state index in [1.165, 1.54) is 12.8 Å². The molecule has 1 aromatic heterocycles. The first-order valence-corrected chi connectivity index (χ1v) is 10.1. The molecule has 2 aliphatic rings. The van der Waals surface area contributed by atoms with E-state index in [-0.39, 0.29) is 11.8 Å². The molecule has 1 saturated heterocycles. The van der Waals surface area contributed by atoms with Gasteiger partial charge in [-0.1, -0.05) is 0 Å². The number of rotatable bonds is 9. The van der Waals surface area contributed by atoms with Crippen molar-refractivity contribution in [2.24, 2.45) is 13.0 Å². The lowest BCUT2D eigenvalue weighted by Gasteiger charge is -2.31. The quantitative estimate of drug-likeness (QED) is 0.704. The first-order valence-electron chi connectivity index (χ1n) is 10.1. The predicted molar refractivity (Wildman–Crippen MR) is 104 cm³/mol. The van der Waals surface area contributed by atoms with Crippen molar-refractivity contribution >= 4 is 11.8 Å². The Morgan fingerprint density at radius 3 is 2.63 bits per heavy atom. The Balaban J connectivity index is 1.50. The average molecular weight is 376 g/mol. The van der Waals surface area contributed by atoms with E-state index in [1.807, 2.05) is 31.4 Å². The maximum atomic E-state index is 12.8. The molecule has 0 radical (unpaired) electrons. The standard InChI is InChI=1S/C20H33N5O2/c1-15(26)21-12-19-7-6-18(25(19)14-16-4-5-16)10-20(27)23(2)9-8-17-11-22-24(3)13-17/h11,13,16,18-19H,4-10,12,14H2,1-3H3,(H,21,26)/t18-,19+/m0/s1. The summed E-state index contributed by atoms with van der Waals surface area (Å²) in [6.07, 6.45) is 9.97. The summed E-state index contributed by atoms with van der Waals surface area (Å²) in [6, 6.07) is 0.672. The number of hydrogen-bond donors (Lipinski definition) is 1. The van der Waals surface area contributed by atoms with Gasteiger partial charge in [0.1, 0.15) is 0 Å². The number of hydrogen-bond acceptors (Lipinski definition) is 4. The summed E-state index contributed by atoms with van der Waals surface area (Å²) in [5, 5.41) is 7.15. The highest BCUT2D eigenvalue weighted by Gasteiger charge is 2.38. The number of likely N-dealkylation sites (tertiary alicyclic amines) is 1. The van der Waals surface area contributed by atoms with E-state index in [0.29, 0.717) is 25.0 Å². The summed E-state index contributed by atoms with van der Waals surface area (Å²) in [5.41, 5.74) is 1.16. The molecule has 0 unspecified atom stereocenters. The van der Waals surface area contributed by atoms with E-state index in [2.05, 4.69) is 15.3 Å². The van der Waals surface area contributed by atoms with Crippen LogP contribution in [0.5, 0.6) is 0 Å². The summed E-state index contributed by atoms with van der Waals surface area (Å²) in [6.45, 7) is 4.05. The lowest BCUT2D eigenvalue weighted by Crippen LogP contribution is -2.45. The maximum absolute atomic E-state index is 12.8. The van der Waals surface area contributed by atoms with Gasteiger partial charge in [-0.05, 0) is 43.6 Å². The topological polar surface area (TPSA) is 70.5 Å².